The molecule has 1 saturated carbocycles. The average molecular weight is 333 g/mol. The van der Waals surface area contributed by atoms with E-state index in [2.05, 4.69) is 11.4 Å². The van der Waals surface area contributed by atoms with Gasteiger partial charge in [-0.15, -0.1) is 0 Å². The molecule has 23 heavy (non-hydrogen) atoms. The predicted molar refractivity (Wildman–Crippen MR) is 89.3 cm³/mol. The van der Waals surface area contributed by atoms with Crippen molar-refractivity contribution >= 4 is 10.0 Å². The maximum absolute atomic E-state index is 11.8. The number of hydrogen-bond donors (Lipinski definition) is 1. The number of hydrogen-bond acceptors (Lipinski definition) is 4. The second kappa shape index (κ2) is 6.23. The van der Waals surface area contributed by atoms with E-state index in [0.717, 1.165) is 31.2 Å². The molecule has 0 aromatic heterocycles. The Bertz CT molecular complexity index is 690. The van der Waals surface area contributed by atoms with Gasteiger partial charge in [-0.05, 0) is 31.2 Å². The van der Waals surface area contributed by atoms with Crippen molar-refractivity contribution in [3.05, 3.63) is 35.9 Å². The number of rotatable bonds is 5. The standard InChI is InChI=1S/C17H23N3O2S/c1-23(21,22)20-9-5-8-16(20)12-19-15-10-17(11-15,13-18)14-6-3-2-4-7-14/h2-4,6-7,15-16,19H,5,8-12H2,1H3/t15?,16-,17?/m1/s1. The van der Waals surface area contributed by atoms with E-state index in [1.165, 1.54) is 6.26 Å². The third-order valence-electron chi connectivity index (χ3n) is 5.12. The van der Waals surface area contributed by atoms with Crippen molar-refractivity contribution in [1.29, 1.82) is 5.26 Å². The molecule has 124 valence electrons. The normalized spacial score (nSPS) is 31.5. The fourth-order valence-corrected chi connectivity index (χ4v) is 5.01. The molecule has 0 bridgehead atoms. The molecule has 1 saturated heterocycles. The van der Waals surface area contributed by atoms with Crippen LogP contribution in [0.5, 0.6) is 0 Å². The minimum atomic E-state index is -3.12. The molecule has 1 aromatic carbocycles. The number of nitriles is 1. The quantitative estimate of drug-likeness (QED) is 0.889. The summed E-state index contributed by atoms with van der Waals surface area (Å²) >= 11 is 0. The minimum Gasteiger partial charge on any atom is -0.312 e. The molecular formula is C17H23N3O2S. The van der Waals surface area contributed by atoms with Crippen LogP contribution in [0.25, 0.3) is 0 Å². The Balaban J connectivity index is 1.56. The fraction of sp³-hybridized carbons (Fsp3) is 0.588. The average Bonchev–Trinajstić information content (AvgIpc) is 2.96. The maximum Gasteiger partial charge on any atom is 0.211 e. The van der Waals surface area contributed by atoms with E-state index in [0.29, 0.717) is 13.1 Å². The predicted octanol–water partition coefficient (Wildman–Crippen LogP) is 1.62. The van der Waals surface area contributed by atoms with Crippen LogP contribution in [0.15, 0.2) is 30.3 Å². The van der Waals surface area contributed by atoms with Crippen molar-refractivity contribution in [2.45, 2.75) is 43.2 Å². The van der Waals surface area contributed by atoms with Gasteiger partial charge in [0.2, 0.25) is 10.0 Å². The van der Waals surface area contributed by atoms with E-state index in [1.54, 1.807) is 4.31 Å². The van der Waals surface area contributed by atoms with Gasteiger partial charge in [-0.2, -0.15) is 9.57 Å². The lowest BCUT2D eigenvalue weighted by atomic mass is 9.62. The fourth-order valence-electron chi connectivity index (χ4n) is 3.83. The molecule has 0 amide bonds. The molecule has 1 N–H and O–H groups in total. The van der Waals surface area contributed by atoms with Crippen molar-refractivity contribution in [3.8, 4) is 6.07 Å². The molecule has 1 atom stereocenters. The lowest BCUT2D eigenvalue weighted by Gasteiger charge is -2.44. The van der Waals surface area contributed by atoms with Crippen LogP contribution in [-0.2, 0) is 15.4 Å². The summed E-state index contributed by atoms with van der Waals surface area (Å²) in [6.45, 7) is 1.30. The van der Waals surface area contributed by atoms with Gasteiger partial charge in [-0.25, -0.2) is 8.42 Å². The molecule has 0 radical (unpaired) electrons. The molecule has 0 spiro atoms. The van der Waals surface area contributed by atoms with Crippen LogP contribution in [0.3, 0.4) is 0 Å². The highest BCUT2D eigenvalue weighted by molar-refractivity contribution is 7.88. The Kier molecular flexibility index (Phi) is 4.45. The number of nitrogens with zero attached hydrogens (tertiary/aromatic N) is 2. The van der Waals surface area contributed by atoms with Gasteiger partial charge in [0.1, 0.15) is 0 Å². The number of sulfonamides is 1. The summed E-state index contributed by atoms with van der Waals surface area (Å²) in [6, 6.07) is 12.8. The second-order valence-electron chi connectivity index (χ2n) is 6.74. The van der Waals surface area contributed by atoms with E-state index in [1.807, 2.05) is 30.3 Å². The Hall–Kier alpha value is -1.42. The Morgan fingerprint density at radius 1 is 1.35 bits per heavy atom. The van der Waals surface area contributed by atoms with Crippen LogP contribution in [0.4, 0.5) is 0 Å². The molecule has 1 aliphatic heterocycles. The zero-order valence-corrected chi connectivity index (χ0v) is 14.2. The van der Waals surface area contributed by atoms with Gasteiger partial charge in [0, 0.05) is 25.2 Å². The zero-order valence-electron chi connectivity index (χ0n) is 13.4. The van der Waals surface area contributed by atoms with Gasteiger partial charge < -0.3 is 5.32 Å². The van der Waals surface area contributed by atoms with E-state index in [4.69, 9.17) is 0 Å². The molecule has 0 unspecified atom stereocenters. The van der Waals surface area contributed by atoms with Crippen molar-refractivity contribution in [1.82, 2.24) is 9.62 Å². The first-order valence-electron chi connectivity index (χ1n) is 8.12. The van der Waals surface area contributed by atoms with E-state index in [9.17, 15) is 13.7 Å². The molecule has 1 aliphatic carbocycles. The third kappa shape index (κ3) is 3.27. The SMILES string of the molecule is CS(=O)(=O)N1CCC[C@@H]1CNC1CC(C#N)(c2ccccc2)C1. The van der Waals surface area contributed by atoms with E-state index >= 15 is 0 Å². The van der Waals surface area contributed by atoms with Crippen molar-refractivity contribution in [2.24, 2.45) is 0 Å². The van der Waals surface area contributed by atoms with E-state index in [-0.39, 0.29) is 17.5 Å². The highest BCUT2D eigenvalue weighted by Crippen LogP contribution is 2.43. The molecule has 6 heteroatoms. The highest BCUT2D eigenvalue weighted by Gasteiger charge is 2.46. The molecule has 2 aliphatic rings. The zero-order chi connectivity index (χ0) is 16.5. The number of nitrogens with one attached hydrogen (secondary N) is 1. The van der Waals surface area contributed by atoms with Crippen LogP contribution in [0.2, 0.25) is 0 Å². The van der Waals surface area contributed by atoms with Crippen LogP contribution in [0, 0.1) is 11.3 Å². The van der Waals surface area contributed by atoms with Crippen LogP contribution in [-0.4, -0.2) is 44.2 Å². The number of benzene rings is 1. The summed E-state index contributed by atoms with van der Waals surface area (Å²) in [4.78, 5) is 0. The first-order chi connectivity index (χ1) is 10.9. The first-order valence-corrected chi connectivity index (χ1v) is 9.96. The third-order valence-corrected chi connectivity index (χ3v) is 6.45. The molecular weight excluding hydrogens is 310 g/mol. The lowest BCUT2D eigenvalue weighted by Crippen LogP contribution is -2.53. The van der Waals surface area contributed by atoms with Gasteiger partial charge in [0.05, 0.1) is 17.7 Å². The van der Waals surface area contributed by atoms with Crippen molar-refractivity contribution in [2.75, 3.05) is 19.3 Å². The van der Waals surface area contributed by atoms with Gasteiger partial charge in [0.15, 0.2) is 0 Å². The van der Waals surface area contributed by atoms with Crippen LogP contribution < -0.4 is 5.32 Å². The largest absolute Gasteiger partial charge is 0.312 e. The monoisotopic (exact) mass is 333 g/mol. The molecule has 5 nitrogen and oxygen atoms in total. The summed E-state index contributed by atoms with van der Waals surface area (Å²) in [5.41, 5.74) is 0.699. The molecule has 1 heterocycles. The van der Waals surface area contributed by atoms with Gasteiger partial charge in [-0.3, -0.25) is 0 Å². The van der Waals surface area contributed by atoms with Crippen molar-refractivity contribution < 1.29 is 8.42 Å². The lowest BCUT2D eigenvalue weighted by molar-refractivity contribution is 0.215. The van der Waals surface area contributed by atoms with Gasteiger partial charge >= 0.3 is 0 Å². The first kappa shape index (κ1) is 16.4. The topological polar surface area (TPSA) is 73.2 Å². The Labute approximate surface area is 138 Å². The summed E-state index contributed by atoms with van der Waals surface area (Å²) in [6.07, 6.45) is 4.70. The molecule has 3 rings (SSSR count). The van der Waals surface area contributed by atoms with Crippen LogP contribution in [0.1, 0.15) is 31.2 Å². The van der Waals surface area contributed by atoms with E-state index < -0.39 is 10.0 Å². The Morgan fingerprint density at radius 3 is 2.65 bits per heavy atom. The summed E-state index contributed by atoms with van der Waals surface area (Å²) in [5, 5.41) is 13.0. The smallest absolute Gasteiger partial charge is 0.211 e. The van der Waals surface area contributed by atoms with Gasteiger partial charge in [-0.1, -0.05) is 30.3 Å². The Morgan fingerprint density at radius 2 is 2.04 bits per heavy atom. The molecule has 2 fully saturated rings. The summed E-state index contributed by atoms with van der Waals surface area (Å²) < 4.78 is 25.1. The van der Waals surface area contributed by atoms with Crippen molar-refractivity contribution in [3.63, 3.8) is 0 Å². The molecule has 1 aromatic rings. The van der Waals surface area contributed by atoms with Crippen LogP contribution >= 0.6 is 0 Å². The second-order valence-corrected chi connectivity index (χ2v) is 8.68. The van der Waals surface area contributed by atoms with Gasteiger partial charge in [0.25, 0.3) is 0 Å². The summed E-state index contributed by atoms with van der Waals surface area (Å²) in [5.74, 6) is 0. The maximum atomic E-state index is 11.8. The minimum absolute atomic E-state index is 0.0545. The highest BCUT2D eigenvalue weighted by atomic mass is 32.2. The summed E-state index contributed by atoms with van der Waals surface area (Å²) in [7, 11) is -3.12.